The Morgan fingerprint density at radius 3 is 2.41 bits per heavy atom. The molecule has 1 aromatic rings. The van der Waals surface area contributed by atoms with Gasteiger partial charge in [0.25, 0.3) is 0 Å². The molecule has 0 spiro atoms. The third-order valence-corrected chi connectivity index (χ3v) is 2.85. The average Bonchev–Trinajstić information content (AvgIpc) is 3.02. The fourth-order valence-electron chi connectivity index (χ4n) is 2.15. The van der Waals surface area contributed by atoms with E-state index in [1.54, 1.807) is 0 Å². The number of hydrogen-bond donors (Lipinski definition) is 0. The zero-order chi connectivity index (χ0) is 13.3. The summed E-state index contributed by atoms with van der Waals surface area (Å²) in [7, 11) is 1.98. The zero-order valence-electron chi connectivity index (χ0n) is 12.4. The Morgan fingerprint density at radius 1 is 1.29 bits per heavy atom. The van der Waals surface area contributed by atoms with Crippen molar-refractivity contribution < 1.29 is 0 Å². The normalized spacial score (nSPS) is 19.1. The van der Waals surface area contributed by atoms with Gasteiger partial charge < -0.3 is 0 Å². The molecule has 0 saturated carbocycles. The van der Waals surface area contributed by atoms with Crippen LogP contribution >= 0.6 is 0 Å². The molecule has 3 nitrogen and oxygen atoms in total. The van der Waals surface area contributed by atoms with Crippen LogP contribution in [0.15, 0.2) is 12.3 Å². The van der Waals surface area contributed by atoms with Crippen molar-refractivity contribution in [3.05, 3.63) is 18.0 Å². The maximum atomic E-state index is 4.47. The van der Waals surface area contributed by atoms with Crippen LogP contribution in [-0.4, -0.2) is 27.8 Å². The molecule has 2 heterocycles. The van der Waals surface area contributed by atoms with E-state index in [0.29, 0.717) is 6.04 Å². The summed E-state index contributed by atoms with van der Waals surface area (Å²) < 4.78 is 1.89. The molecular weight excluding hydrogens is 210 g/mol. The van der Waals surface area contributed by atoms with Crippen LogP contribution in [0.1, 0.15) is 59.2 Å². The molecule has 1 atom stereocenters. The molecule has 0 aromatic carbocycles. The highest BCUT2D eigenvalue weighted by Crippen LogP contribution is 2.29. The maximum absolute atomic E-state index is 4.47. The predicted octanol–water partition coefficient (Wildman–Crippen LogP) is 3.63. The highest BCUT2D eigenvalue weighted by molar-refractivity contribution is 5.07. The van der Waals surface area contributed by atoms with Crippen molar-refractivity contribution >= 4 is 0 Å². The van der Waals surface area contributed by atoms with Gasteiger partial charge in [0.1, 0.15) is 0 Å². The van der Waals surface area contributed by atoms with Gasteiger partial charge in [-0.3, -0.25) is 9.58 Å². The van der Waals surface area contributed by atoms with Crippen LogP contribution in [0.4, 0.5) is 0 Å². The van der Waals surface area contributed by atoms with Gasteiger partial charge in [0.15, 0.2) is 0 Å². The van der Waals surface area contributed by atoms with E-state index < -0.39 is 0 Å². The standard InChI is InChI=1S/C10H17N3.2C2H6/c1-3-13-7-4-5-10(13)9-6-8-12(2)11-9;2*1-2/h6,8,10H,3-5,7H2,1-2H3;2*1-2H3. The quantitative estimate of drug-likeness (QED) is 0.786. The fourth-order valence-corrected chi connectivity index (χ4v) is 2.15. The average molecular weight is 239 g/mol. The van der Waals surface area contributed by atoms with Crippen molar-refractivity contribution in [1.29, 1.82) is 0 Å². The van der Waals surface area contributed by atoms with Crippen molar-refractivity contribution in [1.82, 2.24) is 14.7 Å². The van der Waals surface area contributed by atoms with Crippen molar-refractivity contribution in [3.8, 4) is 0 Å². The molecule has 1 aliphatic rings. The molecule has 0 bridgehead atoms. The van der Waals surface area contributed by atoms with E-state index in [2.05, 4.69) is 23.0 Å². The maximum Gasteiger partial charge on any atom is 0.0796 e. The van der Waals surface area contributed by atoms with Gasteiger partial charge >= 0.3 is 0 Å². The minimum absolute atomic E-state index is 0.575. The first-order valence-corrected chi connectivity index (χ1v) is 7.05. The number of aromatic nitrogens is 2. The third kappa shape index (κ3) is 4.50. The van der Waals surface area contributed by atoms with E-state index in [4.69, 9.17) is 0 Å². The molecule has 17 heavy (non-hydrogen) atoms. The van der Waals surface area contributed by atoms with Gasteiger partial charge in [-0.25, -0.2) is 0 Å². The summed E-state index contributed by atoms with van der Waals surface area (Å²) in [5, 5.41) is 4.47. The summed E-state index contributed by atoms with van der Waals surface area (Å²) in [4.78, 5) is 2.50. The minimum atomic E-state index is 0.575. The summed E-state index contributed by atoms with van der Waals surface area (Å²) in [6, 6.07) is 2.71. The Morgan fingerprint density at radius 2 is 1.94 bits per heavy atom. The van der Waals surface area contributed by atoms with Crippen LogP contribution < -0.4 is 0 Å². The first-order valence-electron chi connectivity index (χ1n) is 7.05. The first kappa shape index (κ1) is 16.2. The van der Waals surface area contributed by atoms with Crippen LogP contribution in [0, 0.1) is 0 Å². The molecule has 1 saturated heterocycles. The van der Waals surface area contributed by atoms with E-state index in [1.165, 1.54) is 25.1 Å². The molecular formula is C14H29N3. The minimum Gasteiger partial charge on any atom is -0.295 e. The lowest BCUT2D eigenvalue weighted by Crippen LogP contribution is -2.23. The molecule has 0 amide bonds. The number of aryl methyl sites for hydroxylation is 1. The van der Waals surface area contributed by atoms with Gasteiger partial charge in [-0.2, -0.15) is 5.10 Å². The van der Waals surface area contributed by atoms with E-state index in [0.717, 1.165) is 6.54 Å². The smallest absolute Gasteiger partial charge is 0.0796 e. The fraction of sp³-hybridized carbons (Fsp3) is 0.786. The lowest BCUT2D eigenvalue weighted by molar-refractivity contribution is 0.266. The van der Waals surface area contributed by atoms with Crippen LogP contribution in [0.5, 0.6) is 0 Å². The van der Waals surface area contributed by atoms with Crippen molar-refractivity contribution in [2.24, 2.45) is 7.05 Å². The van der Waals surface area contributed by atoms with Crippen LogP contribution in [0.3, 0.4) is 0 Å². The monoisotopic (exact) mass is 239 g/mol. The summed E-state index contributed by atoms with van der Waals surface area (Å²) in [5.74, 6) is 0. The van der Waals surface area contributed by atoms with Gasteiger partial charge in [0.05, 0.1) is 11.7 Å². The SMILES string of the molecule is CC.CC.CCN1CCCC1c1ccn(C)n1. The molecule has 2 rings (SSSR count). The highest BCUT2D eigenvalue weighted by atomic mass is 15.3. The summed E-state index contributed by atoms with van der Waals surface area (Å²) in [6.45, 7) is 12.6. The van der Waals surface area contributed by atoms with E-state index >= 15 is 0 Å². The molecule has 100 valence electrons. The second kappa shape index (κ2) is 9.23. The Balaban J connectivity index is 0.000000581. The van der Waals surface area contributed by atoms with Crippen molar-refractivity contribution in [2.45, 2.75) is 53.5 Å². The molecule has 1 unspecified atom stereocenters. The molecule has 3 heteroatoms. The number of likely N-dealkylation sites (tertiary alicyclic amines) is 1. The lowest BCUT2D eigenvalue weighted by Gasteiger charge is -2.20. The Labute approximate surface area is 107 Å². The first-order chi connectivity index (χ1) is 8.31. The molecule has 1 fully saturated rings. The topological polar surface area (TPSA) is 21.1 Å². The third-order valence-electron chi connectivity index (χ3n) is 2.85. The Kier molecular flexibility index (Phi) is 8.78. The summed E-state index contributed by atoms with van der Waals surface area (Å²) >= 11 is 0. The predicted molar refractivity (Wildman–Crippen MR) is 75.1 cm³/mol. The summed E-state index contributed by atoms with van der Waals surface area (Å²) in [6.07, 6.45) is 4.61. The molecule has 0 radical (unpaired) electrons. The Hall–Kier alpha value is -0.830. The van der Waals surface area contributed by atoms with Gasteiger partial charge in [0.2, 0.25) is 0 Å². The Bertz CT molecular complexity index is 281. The van der Waals surface area contributed by atoms with Gasteiger partial charge in [0, 0.05) is 13.2 Å². The number of nitrogens with zero attached hydrogens (tertiary/aromatic N) is 3. The van der Waals surface area contributed by atoms with Crippen molar-refractivity contribution in [3.63, 3.8) is 0 Å². The largest absolute Gasteiger partial charge is 0.295 e. The van der Waals surface area contributed by atoms with Gasteiger partial charge in [-0.1, -0.05) is 34.6 Å². The van der Waals surface area contributed by atoms with Crippen LogP contribution in [-0.2, 0) is 7.05 Å². The number of hydrogen-bond acceptors (Lipinski definition) is 2. The van der Waals surface area contributed by atoms with Crippen LogP contribution in [0.2, 0.25) is 0 Å². The lowest BCUT2D eigenvalue weighted by atomic mass is 10.1. The second-order valence-corrected chi connectivity index (χ2v) is 3.70. The molecule has 1 aromatic heterocycles. The molecule has 0 N–H and O–H groups in total. The molecule has 0 aliphatic carbocycles. The molecule has 1 aliphatic heterocycles. The van der Waals surface area contributed by atoms with E-state index in [1.807, 2.05) is 45.6 Å². The summed E-state index contributed by atoms with van der Waals surface area (Å²) in [5.41, 5.74) is 1.24. The van der Waals surface area contributed by atoms with Crippen LogP contribution in [0.25, 0.3) is 0 Å². The van der Waals surface area contributed by atoms with E-state index in [9.17, 15) is 0 Å². The zero-order valence-corrected chi connectivity index (χ0v) is 12.4. The van der Waals surface area contributed by atoms with Gasteiger partial charge in [-0.05, 0) is 32.0 Å². The van der Waals surface area contributed by atoms with E-state index in [-0.39, 0.29) is 0 Å². The number of rotatable bonds is 2. The highest BCUT2D eigenvalue weighted by Gasteiger charge is 2.25. The van der Waals surface area contributed by atoms with Gasteiger partial charge in [-0.15, -0.1) is 0 Å². The second-order valence-electron chi connectivity index (χ2n) is 3.70. The van der Waals surface area contributed by atoms with Crippen molar-refractivity contribution in [2.75, 3.05) is 13.1 Å².